The molecule has 0 N–H and O–H groups in total. The van der Waals surface area contributed by atoms with Crippen molar-refractivity contribution in [1.82, 2.24) is 0 Å². The molecule has 0 heterocycles. The Hall–Kier alpha value is -1.24. The van der Waals surface area contributed by atoms with Gasteiger partial charge in [0.05, 0.1) is 12.6 Å². The van der Waals surface area contributed by atoms with E-state index in [1.54, 1.807) is 0 Å². The highest BCUT2D eigenvalue weighted by Gasteiger charge is 2.24. The smallest absolute Gasteiger partial charge is 0.211 e. The molecule has 0 spiro atoms. The molecule has 99 valence electrons. The Kier molecular flexibility index (Phi) is 6.56. The van der Waals surface area contributed by atoms with Crippen molar-refractivity contribution in [3.8, 4) is 0 Å². The third kappa shape index (κ3) is 5.39. The molecule has 0 aromatic rings. The molecular formula is C14H21N2O2. The maximum Gasteiger partial charge on any atom is 0.235 e. The van der Waals surface area contributed by atoms with Crippen LogP contribution in [0.5, 0.6) is 0 Å². The highest BCUT2D eigenvalue weighted by molar-refractivity contribution is 5.35. The van der Waals surface area contributed by atoms with Crippen molar-refractivity contribution in [3.05, 3.63) is 6.42 Å². The minimum absolute atomic E-state index is 0.205. The molecule has 3 atom stereocenters. The predicted molar refractivity (Wildman–Crippen MR) is 69.5 cm³/mol. The molecule has 1 rings (SSSR count). The fourth-order valence-electron chi connectivity index (χ4n) is 3.02. The summed E-state index contributed by atoms with van der Waals surface area (Å²) in [7, 11) is 0. The van der Waals surface area contributed by atoms with Gasteiger partial charge >= 0.3 is 0 Å². The predicted octanol–water partition coefficient (Wildman–Crippen LogP) is 2.69. The molecule has 0 amide bonds. The van der Waals surface area contributed by atoms with Crippen LogP contribution < -0.4 is 0 Å². The number of hydrogen-bond acceptors (Lipinski definition) is 4. The van der Waals surface area contributed by atoms with Crippen molar-refractivity contribution in [2.24, 2.45) is 27.7 Å². The normalized spacial score (nSPS) is 28.9. The minimum atomic E-state index is -0.323. The van der Waals surface area contributed by atoms with Gasteiger partial charge in [-0.3, -0.25) is 0 Å². The molecule has 1 aliphatic rings. The van der Waals surface area contributed by atoms with Gasteiger partial charge in [0.25, 0.3) is 0 Å². The van der Waals surface area contributed by atoms with Gasteiger partial charge in [-0.2, -0.15) is 0 Å². The van der Waals surface area contributed by atoms with Gasteiger partial charge in [0.2, 0.25) is 12.2 Å². The lowest BCUT2D eigenvalue weighted by Crippen LogP contribution is -2.21. The number of rotatable bonds is 6. The number of aliphatic imine (C=N–C) groups is 2. The summed E-state index contributed by atoms with van der Waals surface area (Å²) in [6, 6.07) is -0.323. The second-order valence-electron chi connectivity index (χ2n) is 5.47. The highest BCUT2D eigenvalue weighted by Crippen LogP contribution is 2.35. The summed E-state index contributed by atoms with van der Waals surface area (Å²) in [5.74, 6) is 2.20. The van der Waals surface area contributed by atoms with E-state index in [-0.39, 0.29) is 12.6 Å². The van der Waals surface area contributed by atoms with Gasteiger partial charge in [0, 0.05) is 0 Å². The van der Waals surface area contributed by atoms with E-state index in [4.69, 9.17) is 0 Å². The molecular weight excluding hydrogens is 228 g/mol. The second-order valence-corrected chi connectivity index (χ2v) is 5.47. The Labute approximate surface area is 109 Å². The summed E-state index contributed by atoms with van der Waals surface area (Å²) >= 11 is 0. The molecule has 1 aliphatic carbocycles. The summed E-state index contributed by atoms with van der Waals surface area (Å²) in [6.45, 7) is 4.79. The Morgan fingerprint density at radius 2 is 1.83 bits per heavy atom. The zero-order valence-electron chi connectivity index (χ0n) is 11.1. The van der Waals surface area contributed by atoms with Crippen molar-refractivity contribution < 1.29 is 9.59 Å². The van der Waals surface area contributed by atoms with Crippen LogP contribution in [0.4, 0.5) is 0 Å². The fourth-order valence-corrected chi connectivity index (χ4v) is 3.02. The number of hydrogen-bond donors (Lipinski definition) is 0. The molecule has 0 aliphatic heterocycles. The van der Waals surface area contributed by atoms with Gasteiger partial charge in [-0.1, -0.05) is 13.8 Å². The first-order valence-electron chi connectivity index (χ1n) is 6.59. The van der Waals surface area contributed by atoms with E-state index in [1.165, 1.54) is 31.4 Å². The first kappa shape index (κ1) is 14.8. The molecule has 1 saturated carbocycles. The van der Waals surface area contributed by atoms with Crippen LogP contribution in [0.2, 0.25) is 0 Å². The summed E-state index contributed by atoms with van der Waals surface area (Å²) < 4.78 is 0. The van der Waals surface area contributed by atoms with E-state index in [0.717, 1.165) is 18.3 Å². The van der Waals surface area contributed by atoms with Crippen LogP contribution in [0.1, 0.15) is 39.5 Å². The third-order valence-corrected chi connectivity index (χ3v) is 3.58. The van der Waals surface area contributed by atoms with Crippen LogP contribution in [0, 0.1) is 24.2 Å². The molecule has 4 nitrogen and oxygen atoms in total. The minimum Gasteiger partial charge on any atom is -0.211 e. The van der Waals surface area contributed by atoms with Gasteiger partial charge < -0.3 is 0 Å². The molecule has 1 fully saturated rings. The first-order valence-corrected chi connectivity index (χ1v) is 6.59. The van der Waals surface area contributed by atoms with Gasteiger partial charge in [-0.15, -0.1) is 0 Å². The zero-order chi connectivity index (χ0) is 13.4. The van der Waals surface area contributed by atoms with E-state index >= 15 is 0 Å². The Morgan fingerprint density at radius 1 is 1.17 bits per heavy atom. The Balaban J connectivity index is 2.40. The standard InChI is InChI=1S/C14H21N2O2/c1-11-5-12(2)7-13(6-11)3-4-14(16-10-18)8-15-9-17/h4,11-14H,3,5-8H2,1-2H3. The average molecular weight is 249 g/mol. The molecule has 0 bridgehead atoms. The largest absolute Gasteiger partial charge is 0.235 e. The SMILES string of the molecule is CC1CC(C)CC(C[CH]C(CN=C=O)N=C=O)C1. The van der Waals surface area contributed by atoms with Crippen molar-refractivity contribution in [1.29, 1.82) is 0 Å². The Bertz CT molecular complexity index is 334. The van der Waals surface area contributed by atoms with Crippen LogP contribution >= 0.6 is 0 Å². The molecule has 18 heavy (non-hydrogen) atoms. The number of nitrogens with zero attached hydrogens (tertiary/aromatic N) is 2. The molecule has 3 unspecified atom stereocenters. The summed E-state index contributed by atoms with van der Waals surface area (Å²) in [5.41, 5.74) is 0. The second kappa shape index (κ2) is 7.97. The molecule has 0 aromatic heterocycles. The number of isocyanates is 2. The van der Waals surface area contributed by atoms with Crippen molar-refractivity contribution in [2.75, 3.05) is 6.54 Å². The monoisotopic (exact) mass is 249 g/mol. The average Bonchev–Trinajstić information content (AvgIpc) is 2.31. The third-order valence-electron chi connectivity index (χ3n) is 3.58. The maximum atomic E-state index is 10.3. The van der Waals surface area contributed by atoms with Gasteiger partial charge in [0.1, 0.15) is 0 Å². The van der Waals surface area contributed by atoms with Gasteiger partial charge in [-0.05, 0) is 49.9 Å². The van der Waals surface area contributed by atoms with Crippen molar-refractivity contribution >= 4 is 12.2 Å². The van der Waals surface area contributed by atoms with E-state index < -0.39 is 0 Å². The van der Waals surface area contributed by atoms with E-state index in [0.29, 0.717) is 5.92 Å². The van der Waals surface area contributed by atoms with Gasteiger partial charge in [-0.25, -0.2) is 19.6 Å². The summed E-state index contributed by atoms with van der Waals surface area (Å²) in [6.07, 6.45) is 9.70. The molecule has 1 radical (unpaired) electrons. The topological polar surface area (TPSA) is 58.9 Å². The van der Waals surface area contributed by atoms with Crippen LogP contribution in [-0.4, -0.2) is 24.7 Å². The fraction of sp³-hybridized carbons (Fsp3) is 0.786. The Morgan fingerprint density at radius 3 is 2.39 bits per heavy atom. The van der Waals surface area contributed by atoms with Crippen LogP contribution in [0.25, 0.3) is 0 Å². The molecule has 0 aromatic carbocycles. The van der Waals surface area contributed by atoms with Gasteiger partial charge in [0.15, 0.2) is 0 Å². The van der Waals surface area contributed by atoms with E-state index in [2.05, 4.69) is 23.8 Å². The van der Waals surface area contributed by atoms with E-state index in [9.17, 15) is 9.59 Å². The lowest BCUT2D eigenvalue weighted by molar-refractivity contribution is 0.216. The molecule has 0 saturated heterocycles. The lowest BCUT2D eigenvalue weighted by Gasteiger charge is -2.31. The maximum absolute atomic E-state index is 10.3. The van der Waals surface area contributed by atoms with Crippen LogP contribution in [0.15, 0.2) is 9.98 Å². The molecule has 4 heteroatoms. The highest BCUT2D eigenvalue weighted by atomic mass is 16.1. The lowest BCUT2D eigenvalue weighted by atomic mass is 9.75. The number of carbonyl (C=O) groups excluding carboxylic acids is 2. The quantitative estimate of drug-likeness (QED) is 0.536. The summed E-state index contributed by atoms with van der Waals surface area (Å²) in [4.78, 5) is 27.5. The van der Waals surface area contributed by atoms with E-state index in [1.807, 2.05) is 6.42 Å². The van der Waals surface area contributed by atoms with Crippen LogP contribution in [-0.2, 0) is 9.59 Å². The zero-order valence-corrected chi connectivity index (χ0v) is 11.1. The van der Waals surface area contributed by atoms with Crippen molar-refractivity contribution in [3.63, 3.8) is 0 Å². The van der Waals surface area contributed by atoms with Crippen LogP contribution in [0.3, 0.4) is 0 Å². The summed E-state index contributed by atoms with van der Waals surface area (Å²) in [5, 5.41) is 0. The first-order chi connectivity index (χ1) is 8.65. The van der Waals surface area contributed by atoms with Crippen molar-refractivity contribution in [2.45, 2.75) is 45.6 Å².